The summed E-state index contributed by atoms with van der Waals surface area (Å²) in [6, 6.07) is 31.9. The smallest absolute Gasteiger partial charge is 0.171 e. The van der Waals surface area contributed by atoms with Crippen LogP contribution in [0.5, 0.6) is 0 Å². The molecule has 0 bridgehead atoms. The lowest BCUT2D eigenvalue weighted by molar-refractivity contribution is -0.116. The Morgan fingerprint density at radius 3 is 1.41 bits per heavy atom. The average Bonchev–Trinajstić information content (AvgIpc) is 2.72. The van der Waals surface area contributed by atoms with Crippen LogP contribution in [0.2, 0.25) is 0 Å². The molecule has 3 heteroatoms. The fourth-order valence-corrected chi connectivity index (χ4v) is 7.66. The number of Topliss-reactive ketones (excluding diaryl/α,β-unsaturated/α-hetero) is 1. The summed E-state index contributed by atoms with van der Waals surface area (Å²) in [4.78, 5) is 13.0. The molecule has 27 heavy (non-hydrogen) atoms. The van der Waals surface area contributed by atoms with Crippen LogP contribution >= 0.6 is 7.26 Å². The topological polar surface area (TPSA) is 17.1 Å². The highest BCUT2D eigenvalue weighted by Crippen LogP contribution is 2.55. The molecule has 0 unspecified atom stereocenters. The van der Waals surface area contributed by atoms with Crippen LogP contribution < -0.4 is 32.9 Å². The van der Waals surface area contributed by atoms with Crippen molar-refractivity contribution in [2.24, 2.45) is 0 Å². The van der Waals surface area contributed by atoms with Gasteiger partial charge in [-0.15, -0.1) is 0 Å². The summed E-state index contributed by atoms with van der Waals surface area (Å²) in [5.74, 6) is 0.372. The van der Waals surface area contributed by atoms with Crippen LogP contribution in [-0.2, 0) is 4.79 Å². The van der Waals surface area contributed by atoms with Crippen LogP contribution in [0.4, 0.5) is 0 Å². The summed E-state index contributed by atoms with van der Waals surface area (Å²) in [7, 11) is -2.00. The van der Waals surface area contributed by atoms with Crippen LogP contribution in [0.1, 0.15) is 26.2 Å². The van der Waals surface area contributed by atoms with Gasteiger partial charge in [-0.1, -0.05) is 67.9 Å². The number of halogens is 1. The van der Waals surface area contributed by atoms with Crippen molar-refractivity contribution in [3.8, 4) is 0 Å². The second-order valence-electron chi connectivity index (χ2n) is 6.62. The summed E-state index contributed by atoms with van der Waals surface area (Å²) in [5, 5.41) is 3.84. The van der Waals surface area contributed by atoms with Gasteiger partial charge in [-0.25, -0.2) is 0 Å². The molecule has 0 fully saturated rings. The fraction of sp³-hybridized carbons (Fsp3) is 0.208. The molecule has 0 atom stereocenters. The highest BCUT2D eigenvalue weighted by molar-refractivity contribution is 7.96. The minimum Gasteiger partial charge on any atom is -1.00 e. The zero-order valence-electron chi connectivity index (χ0n) is 15.7. The zero-order chi connectivity index (χ0) is 18.2. The molecule has 0 N–H and O–H groups in total. The van der Waals surface area contributed by atoms with E-state index in [1.54, 1.807) is 0 Å². The molecule has 0 saturated heterocycles. The van der Waals surface area contributed by atoms with Crippen LogP contribution in [-0.4, -0.2) is 11.9 Å². The summed E-state index contributed by atoms with van der Waals surface area (Å²) in [6.07, 6.45) is 3.30. The number of hydrogen-bond donors (Lipinski definition) is 0. The van der Waals surface area contributed by atoms with E-state index in [0.29, 0.717) is 18.4 Å². The predicted octanol–water partition coefficient (Wildman–Crippen LogP) is 1.74. The van der Waals surface area contributed by atoms with Crippen molar-refractivity contribution in [3.05, 3.63) is 91.0 Å². The third-order valence-electron chi connectivity index (χ3n) is 4.81. The molecule has 0 amide bonds. The number of carbonyl (C=O) groups is 1. The van der Waals surface area contributed by atoms with Crippen molar-refractivity contribution in [3.63, 3.8) is 0 Å². The van der Waals surface area contributed by atoms with Gasteiger partial charge in [-0.3, -0.25) is 4.79 Å². The summed E-state index contributed by atoms with van der Waals surface area (Å²) >= 11 is 0. The van der Waals surface area contributed by atoms with Gasteiger partial charge in [0.2, 0.25) is 0 Å². The Bertz CT molecular complexity index is 722. The largest absolute Gasteiger partial charge is 1.00 e. The van der Waals surface area contributed by atoms with Crippen molar-refractivity contribution in [1.82, 2.24) is 0 Å². The van der Waals surface area contributed by atoms with Crippen LogP contribution in [0.15, 0.2) is 91.0 Å². The van der Waals surface area contributed by atoms with Crippen LogP contribution in [0, 0.1) is 0 Å². The minimum atomic E-state index is -2.00. The van der Waals surface area contributed by atoms with E-state index in [-0.39, 0.29) is 17.0 Å². The van der Waals surface area contributed by atoms with Gasteiger partial charge in [0, 0.05) is 6.42 Å². The lowest BCUT2D eigenvalue weighted by Crippen LogP contribution is -3.00. The molecule has 1 nitrogen and oxygen atoms in total. The standard InChI is InChI=1S/C24H26OP.BrH/c1-2-3-13-21(25)20-26(22-14-7-4-8-15-22,23-16-9-5-10-17-23)24-18-11-6-12-19-24;/h4-12,14-19H,2-3,13,20H2,1H3;1H/q+1;/p-1. The Hall–Kier alpha value is -1.76. The maximum atomic E-state index is 13.0. The SMILES string of the molecule is CCCCC(=O)C[P+](c1ccccc1)(c1ccccc1)c1ccccc1.[Br-]. The second kappa shape index (κ2) is 10.5. The quantitative estimate of drug-likeness (QED) is 0.487. The number of hydrogen-bond acceptors (Lipinski definition) is 1. The Kier molecular flexibility index (Phi) is 8.41. The molecule has 3 aromatic rings. The zero-order valence-corrected chi connectivity index (χ0v) is 18.2. The lowest BCUT2D eigenvalue weighted by Gasteiger charge is -2.27. The number of benzene rings is 3. The van der Waals surface area contributed by atoms with E-state index in [2.05, 4.69) is 79.7 Å². The lowest BCUT2D eigenvalue weighted by atomic mass is 10.2. The molecule has 0 aliphatic rings. The molecule has 0 aromatic heterocycles. The monoisotopic (exact) mass is 440 g/mol. The third-order valence-corrected chi connectivity index (χ3v) is 9.18. The summed E-state index contributed by atoms with van der Waals surface area (Å²) in [6.45, 7) is 2.14. The second-order valence-corrected chi connectivity index (χ2v) is 10.1. The molecule has 3 aromatic carbocycles. The first-order valence-corrected chi connectivity index (χ1v) is 11.3. The van der Waals surface area contributed by atoms with Crippen LogP contribution in [0.25, 0.3) is 0 Å². The first-order valence-electron chi connectivity index (χ1n) is 9.34. The molecule has 0 saturated carbocycles. The first-order chi connectivity index (χ1) is 12.8. The van der Waals surface area contributed by atoms with Gasteiger partial charge >= 0.3 is 0 Å². The van der Waals surface area contributed by atoms with Gasteiger partial charge in [0.15, 0.2) is 5.78 Å². The van der Waals surface area contributed by atoms with Crippen molar-refractivity contribution in [2.75, 3.05) is 6.16 Å². The van der Waals surface area contributed by atoms with Crippen molar-refractivity contribution in [1.29, 1.82) is 0 Å². The average molecular weight is 441 g/mol. The molecule has 0 radical (unpaired) electrons. The third kappa shape index (κ3) is 4.94. The Morgan fingerprint density at radius 1 is 0.704 bits per heavy atom. The van der Waals surface area contributed by atoms with Crippen LogP contribution in [0.3, 0.4) is 0 Å². The summed E-state index contributed by atoms with van der Waals surface area (Å²) in [5.41, 5.74) is 0. The van der Waals surface area contributed by atoms with E-state index in [9.17, 15) is 4.79 Å². The molecule has 0 aliphatic heterocycles. The normalized spacial score (nSPS) is 10.9. The van der Waals surface area contributed by atoms with E-state index in [1.165, 1.54) is 15.9 Å². The van der Waals surface area contributed by atoms with Gasteiger partial charge in [0.25, 0.3) is 0 Å². The van der Waals surface area contributed by atoms with Crippen molar-refractivity contribution < 1.29 is 21.8 Å². The van der Waals surface area contributed by atoms with Gasteiger partial charge < -0.3 is 17.0 Å². The highest BCUT2D eigenvalue weighted by Gasteiger charge is 2.46. The number of ketones is 1. The Labute approximate surface area is 173 Å². The maximum Gasteiger partial charge on any atom is 0.171 e. The van der Waals surface area contributed by atoms with Gasteiger partial charge in [-0.05, 0) is 42.8 Å². The van der Waals surface area contributed by atoms with E-state index < -0.39 is 7.26 Å². The molecule has 0 spiro atoms. The van der Waals surface area contributed by atoms with Crippen molar-refractivity contribution in [2.45, 2.75) is 26.2 Å². The Balaban J connectivity index is 0.00000261. The molecule has 3 rings (SSSR count). The highest BCUT2D eigenvalue weighted by atomic mass is 79.9. The molecule has 0 heterocycles. The number of unbranched alkanes of at least 4 members (excludes halogenated alkanes) is 1. The van der Waals surface area contributed by atoms with Gasteiger partial charge in [0.05, 0.1) is 0 Å². The molecular weight excluding hydrogens is 415 g/mol. The van der Waals surface area contributed by atoms with Crippen molar-refractivity contribution >= 4 is 29.0 Å². The predicted molar refractivity (Wildman–Crippen MR) is 115 cm³/mol. The Morgan fingerprint density at radius 2 is 1.07 bits per heavy atom. The summed E-state index contributed by atoms with van der Waals surface area (Å²) < 4.78 is 0. The van der Waals surface area contributed by atoms with Gasteiger partial charge in [0.1, 0.15) is 29.3 Å². The van der Waals surface area contributed by atoms with E-state index in [1.807, 2.05) is 18.2 Å². The van der Waals surface area contributed by atoms with E-state index in [4.69, 9.17) is 0 Å². The maximum absolute atomic E-state index is 13.0. The van der Waals surface area contributed by atoms with Gasteiger partial charge in [-0.2, -0.15) is 0 Å². The fourth-order valence-electron chi connectivity index (χ4n) is 3.49. The van der Waals surface area contributed by atoms with E-state index >= 15 is 0 Å². The molecule has 0 aliphatic carbocycles. The minimum absolute atomic E-state index is 0. The molecular formula is C24H26BrOP. The first kappa shape index (κ1) is 21.5. The van der Waals surface area contributed by atoms with E-state index in [0.717, 1.165) is 12.8 Å². The molecule has 140 valence electrons. The number of carbonyl (C=O) groups excluding carboxylic acids is 1. The number of rotatable bonds is 8.